The number of hydrogen-bond donors (Lipinski definition) is 1. The quantitative estimate of drug-likeness (QED) is 0.803. The summed E-state index contributed by atoms with van der Waals surface area (Å²) in [6.45, 7) is 4.67. The smallest absolute Gasteiger partial charge is 0.272 e. The zero-order valence-corrected chi connectivity index (χ0v) is 15.5. The number of ether oxygens (including phenoxy) is 1. The van der Waals surface area contributed by atoms with Crippen LogP contribution in [0.25, 0.3) is 5.69 Å². The van der Waals surface area contributed by atoms with Crippen molar-refractivity contribution in [3.05, 3.63) is 47.3 Å². The van der Waals surface area contributed by atoms with E-state index in [0.717, 1.165) is 42.7 Å². The number of likely N-dealkylation sites (tertiary alicyclic amines) is 1. The molecule has 1 amide bonds. The summed E-state index contributed by atoms with van der Waals surface area (Å²) < 4.78 is 34.1. The first-order chi connectivity index (χ1) is 13.0. The van der Waals surface area contributed by atoms with Crippen LogP contribution in [0.4, 0.5) is 8.78 Å². The third kappa shape index (κ3) is 4.33. The Labute approximate surface area is 157 Å². The van der Waals surface area contributed by atoms with E-state index in [0.29, 0.717) is 18.7 Å². The molecule has 1 fully saturated rings. The first-order valence-corrected chi connectivity index (χ1v) is 9.03. The lowest BCUT2D eigenvalue weighted by atomic mass is 10.2. The number of methoxy groups -OCH3 is 1. The second-order valence-electron chi connectivity index (χ2n) is 6.71. The predicted octanol–water partition coefficient (Wildman–Crippen LogP) is 2.30. The van der Waals surface area contributed by atoms with Gasteiger partial charge in [0.25, 0.3) is 5.91 Å². The third-order valence-corrected chi connectivity index (χ3v) is 4.86. The minimum atomic E-state index is -0.732. The van der Waals surface area contributed by atoms with Gasteiger partial charge in [-0.1, -0.05) is 6.07 Å². The number of aryl methyl sites for hydroxylation is 1. The standard InChI is InChI=1S/C19H24F2N4O2/c1-13-12-25(18-15(20)6-3-7-16(18)21)23-17(13)19(26)22-11-14-5-4-8-24(14)9-10-27-2/h3,6-7,12,14H,4-5,8-11H2,1-2H3,(H,22,26)/t14-/m0/s1. The number of para-hydroxylation sites is 1. The van der Waals surface area contributed by atoms with E-state index in [1.165, 1.54) is 12.3 Å². The van der Waals surface area contributed by atoms with Crippen molar-refractivity contribution < 1.29 is 18.3 Å². The fourth-order valence-corrected chi connectivity index (χ4v) is 3.43. The van der Waals surface area contributed by atoms with Crippen LogP contribution in [0.5, 0.6) is 0 Å². The summed E-state index contributed by atoms with van der Waals surface area (Å²) in [7, 11) is 1.67. The first-order valence-electron chi connectivity index (χ1n) is 9.03. The molecule has 1 aliphatic heterocycles. The van der Waals surface area contributed by atoms with E-state index in [1.807, 2.05) is 0 Å². The minimum absolute atomic E-state index is 0.166. The number of carbonyl (C=O) groups excluding carboxylic acids is 1. The highest BCUT2D eigenvalue weighted by Gasteiger charge is 2.25. The van der Waals surface area contributed by atoms with Gasteiger partial charge in [-0.2, -0.15) is 5.10 Å². The fraction of sp³-hybridized carbons (Fsp3) is 0.474. The lowest BCUT2D eigenvalue weighted by Crippen LogP contribution is -2.41. The van der Waals surface area contributed by atoms with E-state index in [1.54, 1.807) is 14.0 Å². The van der Waals surface area contributed by atoms with Crippen molar-refractivity contribution in [3.8, 4) is 5.69 Å². The second-order valence-corrected chi connectivity index (χ2v) is 6.71. The Morgan fingerprint density at radius 2 is 2.11 bits per heavy atom. The number of hydrogen-bond acceptors (Lipinski definition) is 4. The number of nitrogens with one attached hydrogen (secondary N) is 1. The molecule has 0 spiro atoms. The molecule has 6 nitrogen and oxygen atoms in total. The number of aromatic nitrogens is 2. The average molecular weight is 378 g/mol. The van der Waals surface area contributed by atoms with Gasteiger partial charge >= 0.3 is 0 Å². The van der Waals surface area contributed by atoms with Crippen molar-refractivity contribution in [1.82, 2.24) is 20.0 Å². The van der Waals surface area contributed by atoms with Crippen LogP contribution in [0, 0.1) is 18.6 Å². The molecule has 1 aromatic heterocycles. The Bertz CT molecular complexity index is 789. The van der Waals surface area contributed by atoms with Crippen LogP contribution in [0.15, 0.2) is 24.4 Å². The summed E-state index contributed by atoms with van der Waals surface area (Å²) in [5, 5.41) is 7.00. The van der Waals surface area contributed by atoms with Crippen LogP contribution in [0.1, 0.15) is 28.9 Å². The van der Waals surface area contributed by atoms with Gasteiger partial charge in [0, 0.05) is 38.0 Å². The molecule has 2 aromatic rings. The number of rotatable bonds is 7. The van der Waals surface area contributed by atoms with Gasteiger partial charge in [-0.15, -0.1) is 0 Å². The van der Waals surface area contributed by atoms with Gasteiger partial charge in [0.1, 0.15) is 5.69 Å². The SMILES string of the molecule is COCCN1CCC[C@H]1CNC(=O)c1nn(-c2c(F)cccc2F)cc1C. The molecule has 27 heavy (non-hydrogen) atoms. The number of nitrogens with zero attached hydrogens (tertiary/aromatic N) is 3. The van der Waals surface area contributed by atoms with Gasteiger partial charge in [-0.3, -0.25) is 9.69 Å². The van der Waals surface area contributed by atoms with Gasteiger partial charge in [-0.05, 0) is 38.4 Å². The van der Waals surface area contributed by atoms with Crippen LogP contribution >= 0.6 is 0 Å². The van der Waals surface area contributed by atoms with Crippen LogP contribution < -0.4 is 5.32 Å². The van der Waals surface area contributed by atoms with Crippen LogP contribution in [0.3, 0.4) is 0 Å². The molecular formula is C19H24F2N4O2. The third-order valence-electron chi connectivity index (χ3n) is 4.86. The zero-order valence-electron chi connectivity index (χ0n) is 15.5. The largest absolute Gasteiger partial charge is 0.383 e. The summed E-state index contributed by atoms with van der Waals surface area (Å²) in [5.74, 6) is -1.81. The van der Waals surface area contributed by atoms with Gasteiger partial charge in [0.05, 0.1) is 6.61 Å². The van der Waals surface area contributed by atoms with Crippen LogP contribution in [0.2, 0.25) is 0 Å². The van der Waals surface area contributed by atoms with Gasteiger partial charge in [-0.25, -0.2) is 13.5 Å². The van der Waals surface area contributed by atoms with E-state index in [-0.39, 0.29) is 23.3 Å². The van der Waals surface area contributed by atoms with Gasteiger partial charge in [0.2, 0.25) is 0 Å². The maximum atomic E-state index is 14.0. The van der Waals surface area contributed by atoms with Crippen molar-refractivity contribution in [3.63, 3.8) is 0 Å². The summed E-state index contributed by atoms with van der Waals surface area (Å²) in [6.07, 6.45) is 3.55. The Balaban J connectivity index is 1.68. The topological polar surface area (TPSA) is 59.4 Å². The molecule has 1 N–H and O–H groups in total. The summed E-state index contributed by atoms with van der Waals surface area (Å²) in [6, 6.07) is 3.86. The maximum absolute atomic E-state index is 14.0. The van der Waals surface area contributed by atoms with E-state index in [2.05, 4.69) is 15.3 Å². The van der Waals surface area contributed by atoms with Crippen molar-refractivity contribution in [1.29, 1.82) is 0 Å². The number of carbonyl (C=O) groups is 1. The van der Waals surface area contributed by atoms with Crippen LogP contribution in [-0.4, -0.2) is 60.0 Å². The van der Waals surface area contributed by atoms with Crippen molar-refractivity contribution in [2.45, 2.75) is 25.8 Å². The number of halogens is 2. The molecule has 0 aliphatic carbocycles. The minimum Gasteiger partial charge on any atom is -0.383 e. The Hall–Kier alpha value is -2.32. The molecular weight excluding hydrogens is 354 g/mol. The number of amides is 1. The Kier molecular flexibility index (Phi) is 6.18. The zero-order chi connectivity index (χ0) is 19.4. The molecule has 0 saturated carbocycles. The van der Waals surface area contributed by atoms with E-state index in [4.69, 9.17) is 4.74 Å². The molecule has 1 aliphatic rings. The lowest BCUT2D eigenvalue weighted by Gasteiger charge is -2.24. The van der Waals surface area contributed by atoms with Gasteiger partial charge in [0.15, 0.2) is 17.3 Å². The van der Waals surface area contributed by atoms with Crippen LogP contribution in [-0.2, 0) is 4.74 Å². The van der Waals surface area contributed by atoms with Crippen molar-refractivity contribution in [2.75, 3.05) is 33.4 Å². The average Bonchev–Trinajstić information content (AvgIpc) is 3.24. The fourth-order valence-electron chi connectivity index (χ4n) is 3.43. The van der Waals surface area contributed by atoms with E-state index >= 15 is 0 Å². The normalized spacial score (nSPS) is 17.4. The molecule has 0 bridgehead atoms. The molecule has 1 atom stereocenters. The first kappa shape index (κ1) is 19.4. The Morgan fingerprint density at radius 3 is 2.81 bits per heavy atom. The molecule has 146 valence electrons. The maximum Gasteiger partial charge on any atom is 0.272 e. The summed E-state index contributed by atoms with van der Waals surface area (Å²) in [5.41, 5.74) is 0.429. The number of benzene rings is 1. The molecule has 3 rings (SSSR count). The summed E-state index contributed by atoms with van der Waals surface area (Å²) >= 11 is 0. The summed E-state index contributed by atoms with van der Waals surface area (Å²) in [4.78, 5) is 14.8. The highest BCUT2D eigenvalue weighted by molar-refractivity contribution is 5.93. The predicted molar refractivity (Wildman–Crippen MR) is 97.0 cm³/mol. The van der Waals surface area contributed by atoms with Crippen molar-refractivity contribution in [2.24, 2.45) is 0 Å². The molecule has 2 heterocycles. The molecule has 0 unspecified atom stereocenters. The molecule has 1 aromatic carbocycles. The van der Waals surface area contributed by atoms with E-state index < -0.39 is 11.6 Å². The molecule has 1 saturated heterocycles. The van der Waals surface area contributed by atoms with Crippen molar-refractivity contribution >= 4 is 5.91 Å². The highest BCUT2D eigenvalue weighted by atomic mass is 19.1. The molecule has 8 heteroatoms. The second kappa shape index (κ2) is 8.58. The Morgan fingerprint density at radius 1 is 1.37 bits per heavy atom. The molecule has 0 radical (unpaired) electrons. The monoisotopic (exact) mass is 378 g/mol. The van der Waals surface area contributed by atoms with E-state index in [9.17, 15) is 13.6 Å². The van der Waals surface area contributed by atoms with Gasteiger partial charge < -0.3 is 10.1 Å². The lowest BCUT2D eigenvalue weighted by molar-refractivity contribution is 0.0927. The highest BCUT2D eigenvalue weighted by Crippen LogP contribution is 2.19.